The maximum absolute atomic E-state index is 6.12. The standard InChI is InChI=1S/C11H9ClN4S/c1-15-6-5-9(14-15)16-8-4-2-3-7(12)10(8)13-11(16)17/h2-6H,1H3,(H,13,17). The van der Waals surface area contributed by atoms with Crippen LogP contribution in [0.5, 0.6) is 0 Å². The molecule has 4 nitrogen and oxygen atoms in total. The van der Waals surface area contributed by atoms with Gasteiger partial charge in [0.15, 0.2) is 10.6 Å². The number of nitrogens with zero attached hydrogens (tertiary/aromatic N) is 3. The van der Waals surface area contributed by atoms with E-state index in [2.05, 4.69) is 10.1 Å². The number of imidazole rings is 1. The minimum absolute atomic E-state index is 0.590. The van der Waals surface area contributed by atoms with Crippen molar-refractivity contribution >= 4 is 34.9 Å². The van der Waals surface area contributed by atoms with Gasteiger partial charge in [-0.1, -0.05) is 17.7 Å². The molecule has 0 amide bonds. The third-order valence-corrected chi connectivity index (χ3v) is 3.20. The number of halogens is 1. The number of para-hydroxylation sites is 1. The van der Waals surface area contributed by atoms with E-state index in [4.69, 9.17) is 23.8 Å². The highest BCUT2D eigenvalue weighted by Crippen LogP contribution is 2.24. The highest BCUT2D eigenvalue weighted by atomic mass is 35.5. The van der Waals surface area contributed by atoms with E-state index in [0.29, 0.717) is 9.79 Å². The van der Waals surface area contributed by atoms with Crippen LogP contribution in [0, 0.1) is 4.77 Å². The molecule has 6 heteroatoms. The lowest BCUT2D eigenvalue weighted by Gasteiger charge is -1.99. The van der Waals surface area contributed by atoms with Crippen molar-refractivity contribution in [2.45, 2.75) is 0 Å². The van der Waals surface area contributed by atoms with E-state index in [-0.39, 0.29) is 0 Å². The molecule has 0 aliphatic heterocycles. The smallest absolute Gasteiger partial charge is 0.184 e. The van der Waals surface area contributed by atoms with Gasteiger partial charge < -0.3 is 4.98 Å². The lowest BCUT2D eigenvalue weighted by atomic mass is 10.3. The molecule has 0 aliphatic carbocycles. The highest BCUT2D eigenvalue weighted by Gasteiger charge is 2.10. The van der Waals surface area contributed by atoms with Gasteiger partial charge in [0.2, 0.25) is 0 Å². The van der Waals surface area contributed by atoms with Crippen LogP contribution in [-0.4, -0.2) is 19.3 Å². The molecule has 2 aromatic heterocycles. The van der Waals surface area contributed by atoms with Crippen molar-refractivity contribution in [3.63, 3.8) is 0 Å². The van der Waals surface area contributed by atoms with Gasteiger partial charge in [-0.25, -0.2) is 0 Å². The molecule has 1 aromatic carbocycles. The number of rotatable bonds is 1. The predicted molar refractivity (Wildman–Crippen MR) is 70.2 cm³/mol. The molecule has 0 fully saturated rings. The van der Waals surface area contributed by atoms with Crippen LogP contribution in [0.25, 0.3) is 16.9 Å². The summed E-state index contributed by atoms with van der Waals surface area (Å²) in [6.07, 6.45) is 1.88. The van der Waals surface area contributed by atoms with E-state index in [1.165, 1.54) is 0 Å². The molecule has 0 aliphatic rings. The monoisotopic (exact) mass is 264 g/mol. The zero-order chi connectivity index (χ0) is 12.0. The Hall–Kier alpha value is -1.59. The number of aromatic nitrogens is 4. The Morgan fingerprint density at radius 2 is 2.18 bits per heavy atom. The summed E-state index contributed by atoms with van der Waals surface area (Å²) in [5.74, 6) is 0.783. The van der Waals surface area contributed by atoms with Crippen molar-refractivity contribution in [2.24, 2.45) is 7.05 Å². The quantitative estimate of drug-likeness (QED) is 0.686. The van der Waals surface area contributed by atoms with E-state index in [1.807, 2.05) is 42.1 Å². The van der Waals surface area contributed by atoms with Gasteiger partial charge in [-0.3, -0.25) is 9.25 Å². The van der Waals surface area contributed by atoms with Gasteiger partial charge in [0, 0.05) is 19.3 Å². The number of aryl methyl sites for hydroxylation is 1. The molecule has 17 heavy (non-hydrogen) atoms. The molecule has 3 aromatic rings. The van der Waals surface area contributed by atoms with E-state index < -0.39 is 0 Å². The van der Waals surface area contributed by atoms with Gasteiger partial charge in [0.05, 0.1) is 16.1 Å². The second-order valence-corrected chi connectivity index (χ2v) is 4.54. The molecule has 1 N–H and O–H groups in total. The lowest BCUT2D eigenvalue weighted by molar-refractivity contribution is 0.752. The number of benzene rings is 1. The summed E-state index contributed by atoms with van der Waals surface area (Å²) >= 11 is 11.4. The molecule has 2 heterocycles. The third kappa shape index (κ3) is 1.59. The fourth-order valence-electron chi connectivity index (χ4n) is 1.84. The van der Waals surface area contributed by atoms with Gasteiger partial charge in [-0.2, -0.15) is 5.10 Å². The van der Waals surface area contributed by atoms with Gasteiger partial charge in [-0.05, 0) is 24.4 Å². The summed E-state index contributed by atoms with van der Waals surface area (Å²) in [4.78, 5) is 3.10. The Balaban J connectivity index is 2.40. The Kier molecular flexibility index (Phi) is 2.31. The van der Waals surface area contributed by atoms with Crippen LogP contribution in [0.1, 0.15) is 0 Å². The molecule has 0 spiro atoms. The van der Waals surface area contributed by atoms with Gasteiger partial charge in [0.1, 0.15) is 0 Å². The molecule has 3 rings (SSSR count). The zero-order valence-electron chi connectivity index (χ0n) is 9.01. The summed E-state index contributed by atoms with van der Waals surface area (Å²) in [5.41, 5.74) is 1.77. The zero-order valence-corrected chi connectivity index (χ0v) is 10.6. The van der Waals surface area contributed by atoms with Gasteiger partial charge in [-0.15, -0.1) is 0 Å². The maximum Gasteiger partial charge on any atom is 0.184 e. The van der Waals surface area contributed by atoms with Gasteiger partial charge in [0.25, 0.3) is 0 Å². The average Bonchev–Trinajstić information content (AvgIpc) is 2.82. The number of H-pyrrole nitrogens is 1. The van der Waals surface area contributed by atoms with E-state index in [0.717, 1.165) is 16.9 Å². The fraction of sp³-hybridized carbons (Fsp3) is 0.0909. The summed E-state index contributed by atoms with van der Waals surface area (Å²) in [6, 6.07) is 7.59. The van der Waals surface area contributed by atoms with Gasteiger partial charge >= 0.3 is 0 Å². The first-order chi connectivity index (χ1) is 8.16. The number of hydrogen-bond acceptors (Lipinski definition) is 2. The van der Waals surface area contributed by atoms with Crippen LogP contribution in [0.3, 0.4) is 0 Å². The SMILES string of the molecule is Cn1ccc(-n2c(=S)[nH]c3c(Cl)cccc32)n1. The van der Waals surface area contributed by atoms with Crippen LogP contribution in [0.4, 0.5) is 0 Å². The van der Waals surface area contributed by atoms with E-state index >= 15 is 0 Å². The normalized spacial score (nSPS) is 11.2. The van der Waals surface area contributed by atoms with Crippen LogP contribution >= 0.6 is 23.8 Å². The predicted octanol–water partition coefficient (Wildman–Crippen LogP) is 3.07. The van der Waals surface area contributed by atoms with E-state index in [9.17, 15) is 0 Å². The van der Waals surface area contributed by atoms with Crippen LogP contribution in [-0.2, 0) is 7.05 Å². The molecule has 0 radical (unpaired) electrons. The largest absolute Gasteiger partial charge is 0.329 e. The molecule has 0 bridgehead atoms. The Labute approximate surface area is 107 Å². The minimum Gasteiger partial charge on any atom is -0.329 e. The van der Waals surface area contributed by atoms with E-state index in [1.54, 1.807) is 4.68 Å². The Bertz CT molecular complexity index is 752. The average molecular weight is 265 g/mol. The molecule has 0 saturated carbocycles. The Morgan fingerprint density at radius 3 is 2.88 bits per heavy atom. The second kappa shape index (κ2) is 3.72. The molecule has 86 valence electrons. The van der Waals surface area contributed by atoms with Crippen LogP contribution < -0.4 is 0 Å². The van der Waals surface area contributed by atoms with Crippen molar-refractivity contribution in [1.29, 1.82) is 0 Å². The molecule has 0 saturated heterocycles. The van der Waals surface area contributed by atoms with Crippen molar-refractivity contribution < 1.29 is 0 Å². The molecular weight excluding hydrogens is 256 g/mol. The molecule has 0 unspecified atom stereocenters. The topological polar surface area (TPSA) is 38.5 Å². The number of fused-ring (bicyclic) bond motifs is 1. The fourth-order valence-corrected chi connectivity index (χ4v) is 2.36. The first kappa shape index (κ1) is 10.6. The summed E-state index contributed by atoms with van der Waals surface area (Å²) < 4.78 is 4.20. The van der Waals surface area contributed by atoms with Crippen molar-refractivity contribution in [2.75, 3.05) is 0 Å². The maximum atomic E-state index is 6.12. The molecule has 0 atom stereocenters. The van der Waals surface area contributed by atoms with Crippen molar-refractivity contribution in [3.8, 4) is 5.82 Å². The number of hydrogen-bond donors (Lipinski definition) is 1. The Morgan fingerprint density at radius 1 is 1.35 bits per heavy atom. The minimum atomic E-state index is 0.590. The third-order valence-electron chi connectivity index (χ3n) is 2.60. The first-order valence-corrected chi connectivity index (χ1v) is 5.85. The van der Waals surface area contributed by atoms with Crippen molar-refractivity contribution in [1.82, 2.24) is 19.3 Å². The summed E-state index contributed by atoms with van der Waals surface area (Å²) in [7, 11) is 1.87. The summed E-state index contributed by atoms with van der Waals surface area (Å²) in [6.45, 7) is 0. The van der Waals surface area contributed by atoms with Crippen molar-refractivity contribution in [3.05, 3.63) is 40.3 Å². The highest BCUT2D eigenvalue weighted by molar-refractivity contribution is 7.71. The number of nitrogens with one attached hydrogen (secondary N) is 1. The summed E-state index contributed by atoms with van der Waals surface area (Å²) in [5, 5.41) is 5.00. The lowest BCUT2D eigenvalue weighted by Crippen LogP contribution is -1.96. The first-order valence-electron chi connectivity index (χ1n) is 5.06. The van der Waals surface area contributed by atoms with Crippen LogP contribution in [0.15, 0.2) is 30.5 Å². The van der Waals surface area contributed by atoms with Crippen LogP contribution in [0.2, 0.25) is 5.02 Å². The molecular formula is C11H9ClN4S. The number of aromatic amines is 1. The second-order valence-electron chi connectivity index (χ2n) is 3.75.